The third-order valence-electron chi connectivity index (χ3n) is 9.11. The zero-order valence-corrected chi connectivity index (χ0v) is 29.7. The summed E-state index contributed by atoms with van der Waals surface area (Å²) in [6, 6.07) is 0.0180. The van der Waals surface area contributed by atoms with E-state index >= 15 is 0 Å². The van der Waals surface area contributed by atoms with E-state index < -0.39 is 0 Å². The largest absolute Gasteiger partial charge is 1.00 e. The lowest BCUT2D eigenvalue weighted by Gasteiger charge is -2.41. The van der Waals surface area contributed by atoms with Gasteiger partial charge in [-0.05, 0) is 25.7 Å². The molecule has 0 amide bonds. The second-order valence-corrected chi connectivity index (χ2v) is 13.2. The van der Waals surface area contributed by atoms with E-state index in [-0.39, 0.29) is 18.4 Å². The van der Waals surface area contributed by atoms with E-state index in [1.54, 1.807) is 0 Å². The van der Waals surface area contributed by atoms with E-state index in [9.17, 15) is 4.79 Å². The van der Waals surface area contributed by atoms with Gasteiger partial charge in [0.25, 0.3) is 0 Å². The van der Waals surface area contributed by atoms with Crippen LogP contribution in [0.15, 0.2) is 0 Å². The van der Waals surface area contributed by atoms with E-state index in [0.717, 1.165) is 43.4 Å². The highest BCUT2D eigenvalue weighted by Crippen LogP contribution is 2.20. The highest BCUT2D eigenvalue weighted by molar-refractivity contribution is 5.83. The summed E-state index contributed by atoms with van der Waals surface area (Å²) in [6.07, 6.45) is 33.7. The van der Waals surface area contributed by atoms with Crippen molar-refractivity contribution in [2.75, 3.05) is 33.4 Å². The van der Waals surface area contributed by atoms with Gasteiger partial charge in [-0.25, -0.2) is 0 Å². The number of hydrogen-bond donors (Lipinski definition) is 0. The Bertz CT molecular complexity index is 519. The van der Waals surface area contributed by atoms with Crippen molar-refractivity contribution in [3.8, 4) is 0 Å². The molecule has 0 aliphatic heterocycles. The molecule has 0 bridgehead atoms. The number of nitrogens with zero attached hydrogens (tertiary/aromatic N) is 1. The van der Waals surface area contributed by atoms with Crippen LogP contribution in [-0.4, -0.2) is 49.7 Å². The third kappa shape index (κ3) is 26.0. The van der Waals surface area contributed by atoms with Crippen LogP contribution < -0.4 is 12.4 Å². The summed E-state index contributed by atoms with van der Waals surface area (Å²) in [5.74, 6) is 0.465. The summed E-state index contributed by atoms with van der Waals surface area (Å²) in [4.78, 5) is 13.6. The molecule has 0 radical (unpaired) electrons. The number of likely N-dealkylation sites (N-methyl/N-ethyl adjacent to an activating group) is 1. The summed E-state index contributed by atoms with van der Waals surface area (Å²) in [5, 5.41) is 0. The summed E-state index contributed by atoms with van der Waals surface area (Å²) >= 11 is 0. The van der Waals surface area contributed by atoms with E-state index in [2.05, 4.69) is 34.7 Å². The molecule has 0 N–H and O–H groups in total. The van der Waals surface area contributed by atoms with E-state index in [1.807, 2.05) is 0 Å². The number of quaternary nitrogens is 1. The fourth-order valence-electron chi connectivity index (χ4n) is 6.10. The Balaban J connectivity index is 0. The summed E-state index contributed by atoms with van der Waals surface area (Å²) in [6.45, 7) is 12.8. The zero-order valence-electron chi connectivity index (χ0n) is 28.9. The quantitative estimate of drug-likeness (QED) is 0.0556. The first kappa shape index (κ1) is 43.0. The normalized spacial score (nSPS) is 12.4. The Morgan fingerprint density at radius 1 is 0.512 bits per heavy atom. The van der Waals surface area contributed by atoms with E-state index in [4.69, 9.17) is 4.74 Å². The average molecular weight is 602 g/mol. The number of hydrogen-bond acceptors (Lipinski definition) is 2. The highest BCUT2D eigenvalue weighted by Gasteiger charge is 2.37. The highest BCUT2D eigenvalue weighted by atomic mass is 35.5. The average Bonchev–Trinajstić information content (AvgIpc) is 2.96. The van der Waals surface area contributed by atoms with Gasteiger partial charge in [-0.3, -0.25) is 4.79 Å². The van der Waals surface area contributed by atoms with Gasteiger partial charge in [0.05, 0.1) is 20.1 Å². The van der Waals surface area contributed by atoms with Crippen molar-refractivity contribution in [1.29, 1.82) is 0 Å². The number of rotatable bonds is 33. The molecule has 3 nitrogen and oxygen atoms in total. The molecule has 4 heteroatoms. The predicted molar refractivity (Wildman–Crippen MR) is 178 cm³/mol. The maximum atomic E-state index is 13.6. The Morgan fingerprint density at radius 2 is 0.854 bits per heavy atom. The van der Waals surface area contributed by atoms with Crippen LogP contribution in [0, 0.1) is 0 Å². The van der Waals surface area contributed by atoms with Gasteiger partial charge < -0.3 is 21.6 Å². The first-order valence-corrected chi connectivity index (χ1v) is 18.5. The number of ether oxygens (including phenoxy) is 1. The molecule has 0 aliphatic carbocycles. The monoisotopic (exact) mass is 602 g/mol. The van der Waals surface area contributed by atoms with Crippen LogP contribution in [0.1, 0.15) is 195 Å². The minimum atomic E-state index is 0. The number of Topliss-reactive ketones (excluding diaryl/α,β-unsaturated/α-hetero) is 1. The fourth-order valence-corrected chi connectivity index (χ4v) is 6.10. The van der Waals surface area contributed by atoms with Gasteiger partial charge >= 0.3 is 0 Å². The smallest absolute Gasteiger partial charge is 0.192 e. The zero-order chi connectivity index (χ0) is 29.6. The van der Waals surface area contributed by atoms with E-state index in [0.29, 0.717) is 12.4 Å². The van der Waals surface area contributed by atoms with Crippen molar-refractivity contribution in [1.82, 2.24) is 0 Å². The number of unbranched alkanes of at least 4 members (excludes halogenated alkanes) is 21. The van der Waals surface area contributed by atoms with Crippen molar-refractivity contribution in [2.24, 2.45) is 0 Å². The van der Waals surface area contributed by atoms with Crippen LogP contribution in [0.4, 0.5) is 0 Å². The Morgan fingerprint density at radius 3 is 1.24 bits per heavy atom. The topological polar surface area (TPSA) is 26.3 Å². The molecule has 0 spiro atoms. The van der Waals surface area contributed by atoms with Crippen molar-refractivity contribution in [3.63, 3.8) is 0 Å². The Kier molecular flexibility index (Phi) is 34.4. The standard InChI is InChI=1S/C37H76NO2.ClH/c1-6-10-14-16-18-20-21-22-24-26-28-30-34-40-35-36(38(5,32-12-8-3)33-13-9-4)37(39)31-29-27-25-23-19-17-15-11-7-2;/h36H,6-35H2,1-5H3;1H/q+1;/p-1. The summed E-state index contributed by atoms with van der Waals surface area (Å²) < 4.78 is 7.16. The number of ketones is 1. The lowest BCUT2D eigenvalue weighted by atomic mass is 10.00. The number of halogens is 1. The van der Waals surface area contributed by atoms with Gasteiger partial charge in [-0.2, -0.15) is 0 Å². The van der Waals surface area contributed by atoms with Crippen molar-refractivity contribution >= 4 is 5.78 Å². The third-order valence-corrected chi connectivity index (χ3v) is 9.11. The second-order valence-electron chi connectivity index (χ2n) is 13.2. The molecule has 41 heavy (non-hydrogen) atoms. The summed E-state index contributed by atoms with van der Waals surface area (Å²) in [5.41, 5.74) is 0. The first-order valence-electron chi connectivity index (χ1n) is 18.5. The Hall–Kier alpha value is -0.120. The molecule has 0 rings (SSSR count). The second kappa shape index (κ2) is 32.8. The predicted octanol–water partition coefficient (Wildman–Crippen LogP) is 8.61. The molecule has 0 aromatic heterocycles. The molecule has 0 fully saturated rings. The number of carbonyl (C=O) groups excluding carboxylic acids is 1. The molecule has 1 atom stereocenters. The molecular weight excluding hydrogens is 526 g/mol. The maximum Gasteiger partial charge on any atom is 0.192 e. The van der Waals surface area contributed by atoms with Gasteiger partial charge in [0, 0.05) is 13.0 Å². The SMILES string of the molecule is CCCCCCCCCCCCCCOCC(C(=O)CCCCCCCCCCC)[N+](C)(CCCC)CCCC.[Cl-]. The maximum absolute atomic E-state index is 13.6. The molecule has 0 heterocycles. The Labute approximate surface area is 265 Å². The molecule has 0 aromatic rings. The van der Waals surface area contributed by atoms with Crippen LogP contribution in [0.5, 0.6) is 0 Å². The van der Waals surface area contributed by atoms with Crippen molar-refractivity contribution < 1.29 is 26.4 Å². The first-order chi connectivity index (χ1) is 19.6. The van der Waals surface area contributed by atoms with Crippen molar-refractivity contribution in [3.05, 3.63) is 0 Å². The molecule has 0 aromatic carbocycles. The molecule has 1 unspecified atom stereocenters. The van der Waals surface area contributed by atoms with E-state index in [1.165, 1.54) is 148 Å². The van der Waals surface area contributed by atoms with Crippen molar-refractivity contribution in [2.45, 2.75) is 201 Å². The van der Waals surface area contributed by atoms with Gasteiger partial charge in [0.1, 0.15) is 6.61 Å². The van der Waals surface area contributed by atoms with Gasteiger partial charge in [-0.15, -0.1) is 0 Å². The van der Waals surface area contributed by atoms with Gasteiger partial charge in [0.2, 0.25) is 0 Å². The molecule has 0 saturated carbocycles. The molecule has 0 aliphatic rings. The minimum Gasteiger partial charge on any atom is -1.00 e. The molecule has 0 saturated heterocycles. The lowest BCUT2D eigenvalue weighted by molar-refractivity contribution is -0.925. The van der Waals surface area contributed by atoms with Crippen LogP contribution in [0.2, 0.25) is 0 Å². The number of carbonyl (C=O) groups is 1. The molecular formula is C37H76ClNO2. The van der Waals surface area contributed by atoms with Crippen LogP contribution in [0.25, 0.3) is 0 Å². The lowest BCUT2D eigenvalue weighted by Crippen LogP contribution is -3.00. The summed E-state index contributed by atoms with van der Waals surface area (Å²) in [7, 11) is 2.34. The van der Waals surface area contributed by atoms with Gasteiger partial charge in [0.15, 0.2) is 11.8 Å². The van der Waals surface area contributed by atoms with Gasteiger partial charge in [-0.1, -0.05) is 163 Å². The molecule has 248 valence electrons. The van der Waals surface area contributed by atoms with Crippen LogP contribution in [0.3, 0.4) is 0 Å². The minimum absolute atomic E-state index is 0. The van der Waals surface area contributed by atoms with Crippen LogP contribution >= 0.6 is 0 Å². The fraction of sp³-hybridized carbons (Fsp3) is 0.973. The van der Waals surface area contributed by atoms with Crippen LogP contribution in [-0.2, 0) is 9.53 Å².